The summed E-state index contributed by atoms with van der Waals surface area (Å²) in [7, 11) is 11.2. The van der Waals surface area contributed by atoms with E-state index in [0.29, 0.717) is 0 Å². The Bertz CT molecular complexity index is 445. The highest BCUT2D eigenvalue weighted by atomic mass is 31.0. The smallest absolute Gasteiger partial charge is 0.00281 e. The lowest BCUT2D eigenvalue weighted by atomic mass is 10.1. The van der Waals surface area contributed by atoms with Crippen molar-refractivity contribution in [1.29, 1.82) is 0 Å². The Morgan fingerprint density at radius 3 is 1.00 bits per heavy atom. The van der Waals surface area contributed by atoms with Gasteiger partial charge >= 0.3 is 0 Å². The summed E-state index contributed by atoms with van der Waals surface area (Å²) in [6.07, 6.45) is 0. The van der Waals surface area contributed by atoms with Crippen molar-refractivity contribution in [2.24, 2.45) is 0 Å². The van der Waals surface area contributed by atoms with Gasteiger partial charge in [-0.2, -0.15) is 0 Å². The molecule has 16 heavy (non-hydrogen) atoms. The maximum Gasteiger partial charge on any atom is -0.00281 e. The van der Waals surface area contributed by atoms with Gasteiger partial charge in [-0.3, -0.25) is 0 Å². The van der Waals surface area contributed by atoms with Gasteiger partial charge in [0.05, 0.1) is 0 Å². The molecule has 0 amide bonds. The Morgan fingerprint density at radius 2 is 0.750 bits per heavy atom. The van der Waals surface area contributed by atoms with E-state index < -0.39 is 0 Å². The predicted octanol–water partition coefficient (Wildman–Crippen LogP) is 1.36. The Morgan fingerprint density at radius 1 is 0.500 bits per heavy atom. The highest BCUT2D eigenvalue weighted by Gasteiger charge is 2.10. The minimum absolute atomic E-state index is 1.23. The maximum absolute atomic E-state index is 2.81. The zero-order valence-electron chi connectivity index (χ0n) is 8.77. The van der Waals surface area contributed by atoms with Gasteiger partial charge in [0.1, 0.15) is 0 Å². The lowest BCUT2D eigenvalue weighted by Gasteiger charge is -2.14. The van der Waals surface area contributed by atoms with E-state index in [-0.39, 0.29) is 0 Å². The third-order valence-electron chi connectivity index (χ3n) is 2.51. The highest BCUT2D eigenvalue weighted by Crippen LogP contribution is 2.19. The fraction of sp³-hybridized carbons (Fsp3) is 0. The van der Waals surface area contributed by atoms with Gasteiger partial charge in [0.15, 0.2) is 0 Å². The van der Waals surface area contributed by atoms with Gasteiger partial charge in [0, 0.05) is 0 Å². The van der Waals surface area contributed by atoms with E-state index in [0.717, 1.165) is 0 Å². The summed E-state index contributed by atoms with van der Waals surface area (Å²) in [6, 6.07) is 12.6. The molecule has 0 fully saturated rings. The Hall–Kier alpha value is 0.160. The van der Waals surface area contributed by atoms with Crippen molar-refractivity contribution in [3.63, 3.8) is 0 Å². The van der Waals surface area contributed by atoms with E-state index in [9.17, 15) is 0 Å². The molecule has 0 bridgehead atoms. The zero-order valence-corrected chi connectivity index (χ0v) is 13.4. The number of benzene rings is 2. The van der Waals surface area contributed by atoms with E-state index >= 15 is 0 Å². The monoisotopic (exact) mass is 282 g/mol. The predicted molar refractivity (Wildman–Crippen MR) is 89.3 cm³/mol. The van der Waals surface area contributed by atoms with E-state index in [1.807, 2.05) is 0 Å². The van der Waals surface area contributed by atoms with Crippen LogP contribution in [0.1, 0.15) is 0 Å². The third kappa shape index (κ3) is 2.37. The normalized spacial score (nSPS) is 10.5. The molecule has 4 unspecified atom stereocenters. The average molecular weight is 282 g/mol. The SMILES string of the molecule is Pc1cccc(P)c1-c1c(P)cccc1P. The van der Waals surface area contributed by atoms with Crippen LogP contribution in [0.15, 0.2) is 36.4 Å². The minimum atomic E-state index is 1.23. The quantitative estimate of drug-likeness (QED) is 0.693. The molecule has 82 valence electrons. The summed E-state index contributed by atoms with van der Waals surface area (Å²) < 4.78 is 0. The topological polar surface area (TPSA) is 0 Å². The summed E-state index contributed by atoms with van der Waals surface area (Å²) in [6.45, 7) is 0. The van der Waals surface area contributed by atoms with Crippen LogP contribution in [0.5, 0.6) is 0 Å². The molecule has 0 heterocycles. The maximum atomic E-state index is 2.81. The summed E-state index contributed by atoms with van der Waals surface area (Å²) in [4.78, 5) is 0. The van der Waals surface area contributed by atoms with Crippen LogP contribution in [0.3, 0.4) is 0 Å². The molecule has 0 N–H and O–H groups in total. The summed E-state index contributed by atoms with van der Waals surface area (Å²) in [5.41, 5.74) is 2.57. The molecule has 0 spiro atoms. The molecule has 0 aliphatic heterocycles. The Labute approximate surface area is 106 Å². The van der Waals surface area contributed by atoms with Gasteiger partial charge < -0.3 is 0 Å². The van der Waals surface area contributed by atoms with E-state index in [1.54, 1.807) is 0 Å². The van der Waals surface area contributed by atoms with Crippen LogP contribution >= 0.6 is 37.0 Å². The van der Waals surface area contributed by atoms with Crippen LogP contribution < -0.4 is 21.2 Å². The standard InChI is InChI=1S/C12H14P4/c13-7-3-1-4-8(14)11(7)12-9(15)5-2-6-10(12)16/h1-6H,13-16H2. The third-order valence-corrected chi connectivity index (χ3v) is 4.43. The van der Waals surface area contributed by atoms with Crippen LogP contribution in [0.25, 0.3) is 11.1 Å². The van der Waals surface area contributed by atoms with Crippen LogP contribution in [-0.2, 0) is 0 Å². The first-order valence-corrected chi connectivity index (χ1v) is 7.20. The zero-order chi connectivity index (χ0) is 11.7. The van der Waals surface area contributed by atoms with Gasteiger partial charge in [-0.15, -0.1) is 37.0 Å². The first-order valence-electron chi connectivity index (χ1n) is 4.89. The molecule has 0 aliphatic rings. The van der Waals surface area contributed by atoms with Crippen LogP contribution in [0, 0.1) is 0 Å². The molecule has 4 heteroatoms. The Kier molecular flexibility index (Phi) is 4.11. The van der Waals surface area contributed by atoms with E-state index in [1.165, 1.54) is 32.3 Å². The molecule has 0 aromatic heterocycles. The number of hydrogen-bond donors (Lipinski definition) is 0. The molecule has 0 saturated heterocycles. The first-order chi connectivity index (χ1) is 7.61. The molecule has 2 aromatic carbocycles. The number of hydrogen-bond acceptors (Lipinski definition) is 0. The minimum Gasteiger partial charge on any atom is -0.105 e. The van der Waals surface area contributed by atoms with Crippen molar-refractivity contribution in [1.82, 2.24) is 0 Å². The van der Waals surface area contributed by atoms with Gasteiger partial charge in [0.25, 0.3) is 0 Å². The summed E-state index contributed by atoms with van der Waals surface area (Å²) in [5, 5.41) is 4.91. The van der Waals surface area contributed by atoms with E-state index in [2.05, 4.69) is 73.4 Å². The molecular formula is C12H14P4. The van der Waals surface area contributed by atoms with Gasteiger partial charge in [-0.05, 0) is 32.3 Å². The molecule has 0 saturated carbocycles. The highest BCUT2D eigenvalue weighted by molar-refractivity contribution is 7.32. The lowest BCUT2D eigenvalue weighted by Crippen LogP contribution is -2.17. The molecule has 0 nitrogen and oxygen atoms in total. The number of rotatable bonds is 1. The van der Waals surface area contributed by atoms with Crippen molar-refractivity contribution in [3.05, 3.63) is 36.4 Å². The van der Waals surface area contributed by atoms with Crippen LogP contribution in [-0.4, -0.2) is 0 Å². The van der Waals surface area contributed by atoms with Crippen LogP contribution in [0.2, 0.25) is 0 Å². The van der Waals surface area contributed by atoms with Crippen molar-refractivity contribution in [2.75, 3.05) is 0 Å². The second kappa shape index (κ2) is 5.21. The van der Waals surface area contributed by atoms with Crippen molar-refractivity contribution >= 4 is 58.2 Å². The molecule has 4 atom stereocenters. The van der Waals surface area contributed by atoms with E-state index in [4.69, 9.17) is 0 Å². The van der Waals surface area contributed by atoms with Crippen LogP contribution in [0.4, 0.5) is 0 Å². The van der Waals surface area contributed by atoms with Crippen molar-refractivity contribution in [2.45, 2.75) is 0 Å². The van der Waals surface area contributed by atoms with Crippen molar-refractivity contribution in [3.8, 4) is 11.1 Å². The second-order valence-corrected chi connectivity index (χ2v) is 6.11. The van der Waals surface area contributed by atoms with Crippen molar-refractivity contribution < 1.29 is 0 Å². The van der Waals surface area contributed by atoms with Gasteiger partial charge in [0.2, 0.25) is 0 Å². The average Bonchev–Trinajstić information content (AvgIpc) is 2.21. The fourth-order valence-corrected chi connectivity index (χ4v) is 3.78. The summed E-state index contributed by atoms with van der Waals surface area (Å²) in [5.74, 6) is 0. The fourth-order valence-electron chi connectivity index (χ4n) is 1.75. The van der Waals surface area contributed by atoms with Gasteiger partial charge in [-0.1, -0.05) is 36.4 Å². The molecule has 0 radical (unpaired) electrons. The molecule has 2 aromatic rings. The first kappa shape index (κ1) is 12.6. The molecule has 2 rings (SSSR count). The molecular weight excluding hydrogens is 268 g/mol. The lowest BCUT2D eigenvalue weighted by molar-refractivity contribution is 1.77. The second-order valence-electron chi connectivity index (χ2n) is 3.62. The largest absolute Gasteiger partial charge is 0.105 e. The Balaban J connectivity index is 2.77. The molecule has 0 aliphatic carbocycles. The van der Waals surface area contributed by atoms with Gasteiger partial charge in [-0.25, -0.2) is 0 Å². The summed E-state index contributed by atoms with van der Waals surface area (Å²) >= 11 is 0.